The third-order valence-corrected chi connectivity index (χ3v) is 4.24. The summed E-state index contributed by atoms with van der Waals surface area (Å²) in [6.45, 7) is 0. The van der Waals surface area contributed by atoms with Crippen LogP contribution in [0.5, 0.6) is 0 Å². The van der Waals surface area contributed by atoms with Crippen LogP contribution in [0.4, 0.5) is 10.5 Å². The number of amides is 2. The van der Waals surface area contributed by atoms with Crippen LogP contribution in [0.15, 0.2) is 54.9 Å². The van der Waals surface area contributed by atoms with E-state index < -0.39 is 0 Å². The lowest BCUT2D eigenvalue weighted by Gasteiger charge is -2.25. The Balaban J connectivity index is 1.71. The van der Waals surface area contributed by atoms with E-state index in [1.54, 1.807) is 18.5 Å². The van der Waals surface area contributed by atoms with Crippen LogP contribution in [0.3, 0.4) is 0 Å². The molecule has 2 amide bonds. The molecule has 4 heteroatoms. The van der Waals surface area contributed by atoms with E-state index in [1.165, 1.54) is 31.2 Å². The first-order valence-electron chi connectivity index (χ1n) is 7.85. The maximum Gasteiger partial charge on any atom is 0.319 e. The number of carbonyl (C=O) groups is 1. The monoisotopic (exact) mass is 295 g/mol. The molecule has 2 N–H and O–H groups in total. The zero-order valence-electron chi connectivity index (χ0n) is 12.5. The number of anilines is 1. The molecule has 1 aliphatic rings. The minimum absolute atomic E-state index is 0.0698. The van der Waals surface area contributed by atoms with Crippen molar-refractivity contribution in [2.45, 2.75) is 31.7 Å². The van der Waals surface area contributed by atoms with Gasteiger partial charge in [-0.2, -0.15) is 0 Å². The third-order valence-electron chi connectivity index (χ3n) is 4.24. The molecule has 0 aliphatic heterocycles. The Morgan fingerprint density at radius 3 is 2.55 bits per heavy atom. The van der Waals surface area contributed by atoms with Crippen molar-refractivity contribution in [3.63, 3.8) is 0 Å². The highest BCUT2D eigenvalue weighted by atomic mass is 16.2. The molecule has 0 spiro atoms. The van der Waals surface area contributed by atoms with Crippen LogP contribution >= 0.6 is 0 Å². The maximum absolute atomic E-state index is 12.3. The molecule has 0 bridgehead atoms. The van der Waals surface area contributed by atoms with Crippen molar-refractivity contribution in [2.75, 3.05) is 5.32 Å². The van der Waals surface area contributed by atoms with Crippen LogP contribution in [-0.4, -0.2) is 11.0 Å². The molecule has 22 heavy (non-hydrogen) atoms. The molecule has 1 unspecified atom stereocenters. The van der Waals surface area contributed by atoms with Gasteiger partial charge in [-0.25, -0.2) is 4.79 Å². The Morgan fingerprint density at radius 1 is 1.09 bits per heavy atom. The predicted octanol–water partition coefficient (Wildman–Crippen LogP) is 4.13. The summed E-state index contributed by atoms with van der Waals surface area (Å²) in [4.78, 5) is 16.3. The fraction of sp³-hybridized carbons (Fsp3) is 0.333. The predicted molar refractivity (Wildman–Crippen MR) is 87.5 cm³/mol. The van der Waals surface area contributed by atoms with E-state index in [0.29, 0.717) is 11.6 Å². The van der Waals surface area contributed by atoms with Crippen LogP contribution in [0.2, 0.25) is 0 Å². The molecule has 1 aromatic heterocycles. The Kier molecular flexibility index (Phi) is 4.68. The second-order valence-corrected chi connectivity index (χ2v) is 5.77. The molecule has 2 aromatic rings. The SMILES string of the molecule is O=C(Nc1cccnc1)NC(c1ccccc1)C1CCCC1. The number of hydrogen-bond acceptors (Lipinski definition) is 2. The number of rotatable bonds is 4. The van der Waals surface area contributed by atoms with E-state index in [-0.39, 0.29) is 12.1 Å². The van der Waals surface area contributed by atoms with Crippen molar-refractivity contribution in [2.24, 2.45) is 5.92 Å². The third kappa shape index (κ3) is 3.64. The molecule has 0 radical (unpaired) electrons. The topological polar surface area (TPSA) is 54.0 Å². The van der Waals surface area contributed by atoms with Crippen LogP contribution < -0.4 is 10.6 Å². The second kappa shape index (κ2) is 7.07. The molecule has 1 aliphatic carbocycles. The summed E-state index contributed by atoms with van der Waals surface area (Å²) in [6.07, 6.45) is 8.18. The number of nitrogens with zero attached hydrogens (tertiary/aromatic N) is 1. The van der Waals surface area contributed by atoms with E-state index in [1.807, 2.05) is 24.3 Å². The fourth-order valence-corrected chi connectivity index (χ4v) is 3.17. The van der Waals surface area contributed by atoms with Gasteiger partial charge in [0.1, 0.15) is 0 Å². The normalized spacial score (nSPS) is 16.2. The molecular weight excluding hydrogens is 274 g/mol. The van der Waals surface area contributed by atoms with Crippen molar-refractivity contribution in [1.82, 2.24) is 10.3 Å². The van der Waals surface area contributed by atoms with E-state index in [4.69, 9.17) is 0 Å². The van der Waals surface area contributed by atoms with Crippen molar-refractivity contribution in [3.8, 4) is 0 Å². The highest BCUT2D eigenvalue weighted by Crippen LogP contribution is 2.35. The van der Waals surface area contributed by atoms with E-state index in [9.17, 15) is 4.79 Å². The summed E-state index contributed by atoms with van der Waals surface area (Å²) < 4.78 is 0. The van der Waals surface area contributed by atoms with Gasteiger partial charge in [-0.3, -0.25) is 4.98 Å². The average Bonchev–Trinajstić information content (AvgIpc) is 3.08. The average molecular weight is 295 g/mol. The first-order valence-corrected chi connectivity index (χ1v) is 7.85. The molecule has 1 atom stereocenters. The van der Waals surface area contributed by atoms with Gasteiger partial charge in [-0.15, -0.1) is 0 Å². The number of hydrogen-bond donors (Lipinski definition) is 2. The Hall–Kier alpha value is -2.36. The number of benzene rings is 1. The molecule has 0 saturated heterocycles. The van der Waals surface area contributed by atoms with Gasteiger partial charge >= 0.3 is 6.03 Å². The molecule has 4 nitrogen and oxygen atoms in total. The summed E-state index contributed by atoms with van der Waals surface area (Å²) in [7, 11) is 0. The van der Waals surface area contributed by atoms with Crippen molar-refractivity contribution in [3.05, 3.63) is 60.4 Å². The van der Waals surface area contributed by atoms with Gasteiger partial charge in [0.2, 0.25) is 0 Å². The zero-order chi connectivity index (χ0) is 15.2. The maximum atomic E-state index is 12.3. The van der Waals surface area contributed by atoms with Crippen LogP contribution in [0.1, 0.15) is 37.3 Å². The van der Waals surface area contributed by atoms with Crippen LogP contribution in [0, 0.1) is 5.92 Å². The van der Waals surface area contributed by atoms with Crippen molar-refractivity contribution in [1.29, 1.82) is 0 Å². The molecule has 1 fully saturated rings. The summed E-state index contributed by atoms with van der Waals surface area (Å²) in [5.74, 6) is 0.516. The molecule has 3 rings (SSSR count). The van der Waals surface area contributed by atoms with Gasteiger partial charge < -0.3 is 10.6 Å². The van der Waals surface area contributed by atoms with Gasteiger partial charge in [0.15, 0.2) is 0 Å². The van der Waals surface area contributed by atoms with Crippen LogP contribution in [-0.2, 0) is 0 Å². The first-order chi connectivity index (χ1) is 10.8. The lowest BCUT2D eigenvalue weighted by molar-refractivity contribution is 0.242. The number of urea groups is 1. The standard InChI is InChI=1S/C18H21N3O/c22-18(20-16-11-6-12-19-13-16)21-17(15-9-4-5-10-15)14-7-2-1-3-8-14/h1-3,6-8,11-13,15,17H,4-5,9-10H2,(H2,20,21,22). The molecule has 114 valence electrons. The number of carbonyl (C=O) groups excluding carboxylic acids is 1. The quantitative estimate of drug-likeness (QED) is 0.891. The Morgan fingerprint density at radius 2 is 1.86 bits per heavy atom. The minimum atomic E-state index is -0.172. The summed E-state index contributed by atoms with van der Waals surface area (Å²) in [5.41, 5.74) is 1.88. The van der Waals surface area contributed by atoms with Gasteiger partial charge in [0, 0.05) is 6.20 Å². The smallest absolute Gasteiger partial charge is 0.319 e. The number of aromatic nitrogens is 1. The molecule has 1 saturated carbocycles. The number of nitrogens with one attached hydrogen (secondary N) is 2. The molecule has 1 aromatic carbocycles. The minimum Gasteiger partial charge on any atom is -0.331 e. The second-order valence-electron chi connectivity index (χ2n) is 5.77. The molecular formula is C18H21N3O. The van der Waals surface area contributed by atoms with E-state index in [0.717, 1.165) is 0 Å². The summed E-state index contributed by atoms with van der Waals surface area (Å²) in [6, 6.07) is 13.8. The lowest BCUT2D eigenvalue weighted by Crippen LogP contribution is -2.35. The number of pyridine rings is 1. The van der Waals surface area contributed by atoms with Gasteiger partial charge in [-0.05, 0) is 36.5 Å². The van der Waals surface area contributed by atoms with Gasteiger partial charge in [0.05, 0.1) is 17.9 Å². The van der Waals surface area contributed by atoms with Gasteiger partial charge in [0.25, 0.3) is 0 Å². The zero-order valence-corrected chi connectivity index (χ0v) is 12.5. The van der Waals surface area contributed by atoms with Crippen molar-refractivity contribution >= 4 is 11.7 Å². The van der Waals surface area contributed by atoms with Crippen LogP contribution in [0.25, 0.3) is 0 Å². The first kappa shape index (κ1) is 14.6. The van der Waals surface area contributed by atoms with E-state index in [2.05, 4.69) is 27.8 Å². The Labute approximate surface area is 131 Å². The van der Waals surface area contributed by atoms with E-state index >= 15 is 0 Å². The summed E-state index contributed by atoms with van der Waals surface area (Å²) in [5, 5.41) is 6.00. The lowest BCUT2D eigenvalue weighted by atomic mass is 9.92. The highest BCUT2D eigenvalue weighted by molar-refractivity contribution is 5.89. The van der Waals surface area contributed by atoms with Crippen molar-refractivity contribution < 1.29 is 4.79 Å². The summed E-state index contributed by atoms with van der Waals surface area (Å²) >= 11 is 0. The Bertz CT molecular complexity index is 594. The molecule has 1 heterocycles. The fourth-order valence-electron chi connectivity index (χ4n) is 3.17. The highest BCUT2D eigenvalue weighted by Gasteiger charge is 2.27. The van der Waals surface area contributed by atoms with Gasteiger partial charge in [-0.1, -0.05) is 43.2 Å². The largest absolute Gasteiger partial charge is 0.331 e.